The third-order valence-electron chi connectivity index (χ3n) is 11.5. The van der Waals surface area contributed by atoms with Gasteiger partial charge in [-0.1, -0.05) is 176 Å². The molecule has 1 aromatic heterocycles. The van der Waals surface area contributed by atoms with Crippen LogP contribution in [0, 0.1) is 0 Å². The molecular formula is C53H37N3. The van der Waals surface area contributed by atoms with Gasteiger partial charge in [0.2, 0.25) is 0 Å². The molecule has 9 aromatic rings. The van der Waals surface area contributed by atoms with Crippen molar-refractivity contribution in [2.75, 3.05) is 10.6 Å². The van der Waals surface area contributed by atoms with E-state index in [1.807, 2.05) is 0 Å². The van der Waals surface area contributed by atoms with E-state index in [1.54, 1.807) is 0 Å². The number of anilines is 2. The van der Waals surface area contributed by atoms with Crippen molar-refractivity contribution < 1.29 is 0 Å². The summed E-state index contributed by atoms with van der Waals surface area (Å²) in [5.74, 6) is 0. The highest BCUT2D eigenvalue weighted by Gasteiger charge is 2.24. The minimum Gasteiger partial charge on any atom is -0.374 e. The summed E-state index contributed by atoms with van der Waals surface area (Å²) < 4.78 is 0. The molecule has 2 aliphatic rings. The Labute approximate surface area is 326 Å². The number of fused-ring (bicyclic) bond motifs is 7. The molecule has 0 saturated heterocycles. The lowest BCUT2D eigenvalue weighted by Crippen LogP contribution is -2.15. The lowest BCUT2D eigenvalue weighted by atomic mass is 9.85. The largest absolute Gasteiger partial charge is 0.374 e. The molecule has 56 heavy (non-hydrogen) atoms. The first-order chi connectivity index (χ1) is 27.7. The minimum absolute atomic E-state index is 0.0720. The Balaban J connectivity index is 1.03. The standard InChI is InChI=1S/C53H37N3/c1-4-12-34(13-5-1)46-33-50(37-16-8-3-9-17-37)54-49-31-24-35-20-23-40(32-45(35)51(46)49)41-27-28-44(43-19-11-10-18-42(41)43)48-30-26-39-22-21-38-25-29-47(36-14-6-2-7-15-36)55-52(38)53(39)56-48/h1-33,47,50,54-55H. The van der Waals surface area contributed by atoms with Crippen molar-refractivity contribution >= 4 is 55.5 Å². The molecule has 0 aliphatic carbocycles. The van der Waals surface area contributed by atoms with Crippen molar-refractivity contribution in [3.8, 4) is 22.4 Å². The van der Waals surface area contributed by atoms with Crippen LogP contribution in [0.5, 0.6) is 0 Å². The molecule has 2 aliphatic heterocycles. The highest BCUT2D eigenvalue weighted by atomic mass is 14.9. The Kier molecular flexibility index (Phi) is 7.63. The number of aromatic nitrogens is 1. The molecule has 0 amide bonds. The SMILES string of the molecule is C1=CC(c2ccccc2)Nc2c1ccc1ccc(-c3ccc(-c4ccc5ccc6c(c5c4)C(c4ccccc4)=CC(c4ccccc4)N6)c4ccccc34)nc21. The topological polar surface area (TPSA) is 37.0 Å². The van der Waals surface area contributed by atoms with Crippen molar-refractivity contribution in [2.24, 2.45) is 0 Å². The summed E-state index contributed by atoms with van der Waals surface area (Å²) in [5, 5.41) is 13.6. The summed E-state index contributed by atoms with van der Waals surface area (Å²) in [4.78, 5) is 5.38. The number of hydrogen-bond acceptors (Lipinski definition) is 3. The summed E-state index contributed by atoms with van der Waals surface area (Å²) >= 11 is 0. The van der Waals surface area contributed by atoms with Crippen LogP contribution in [0.3, 0.4) is 0 Å². The number of rotatable bonds is 5. The van der Waals surface area contributed by atoms with Gasteiger partial charge in [0.15, 0.2) is 0 Å². The fraction of sp³-hybridized carbons (Fsp3) is 0.0377. The van der Waals surface area contributed by atoms with Crippen LogP contribution in [0.2, 0.25) is 0 Å². The van der Waals surface area contributed by atoms with Gasteiger partial charge in [-0.3, -0.25) is 0 Å². The van der Waals surface area contributed by atoms with Gasteiger partial charge in [0.25, 0.3) is 0 Å². The second kappa shape index (κ2) is 13.3. The van der Waals surface area contributed by atoms with Gasteiger partial charge in [-0.15, -0.1) is 0 Å². The van der Waals surface area contributed by atoms with Crippen molar-refractivity contribution in [3.63, 3.8) is 0 Å². The summed E-state index contributed by atoms with van der Waals surface area (Å²) in [7, 11) is 0. The maximum absolute atomic E-state index is 5.38. The van der Waals surface area contributed by atoms with Gasteiger partial charge in [0, 0.05) is 22.2 Å². The van der Waals surface area contributed by atoms with E-state index in [1.165, 1.54) is 60.5 Å². The van der Waals surface area contributed by atoms with E-state index in [0.717, 1.165) is 39.1 Å². The molecule has 264 valence electrons. The van der Waals surface area contributed by atoms with Crippen LogP contribution in [0.1, 0.15) is 39.9 Å². The normalized spacial score (nSPS) is 15.8. The zero-order valence-corrected chi connectivity index (χ0v) is 30.7. The molecule has 0 radical (unpaired) electrons. The highest BCUT2D eigenvalue weighted by Crippen LogP contribution is 2.45. The lowest BCUT2D eigenvalue weighted by Gasteiger charge is -2.28. The van der Waals surface area contributed by atoms with Crippen molar-refractivity contribution in [1.29, 1.82) is 0 Å². The van der Waals surface area contributed by atoms with Crippen molar-refractivity contribution in [2.45, 2.75) is 12.1 Å². The first-order valence-corrected chi connectivity index (χ1v) is 19.4. The molecule has 3 nitrogen and oxygen atoms in total. The van der Waals surface area contributed by atoms with E-state index >= 15 is 0 Å². The second-order valence-electron chi connectivity index (χ2n) is 14.8. The third-order valence-corrected chi connectivity index (χ3v) is 11.5. The molecule has 0 spiro atoms. The maximum Gasteiger partial charge on any atom is 0.0947 e. The fourth-order valence-corrected chi connectivity index (χ4v) is 8.73. The Morgan fingerprint density at radius 2 is 1.11 bits per heavy atom. The highest BCUT2D eigenvalue weighted by molar-refractivity contribution is 6.09. The molecule has 2 unspecified atom stereocenters. The third kappa shape index (κ3) is 5.48. The van der Waals surface area contributed by atoms with E-state index < -0.39 is 0 Å². The Hall–Kier alpha value is -7.23. The summed E-state index contributed by atoms with van der Waals surface area (Å²) in [6, 6.07) is 65.7. The van der Waals surface area contributed by atoms with Gasteiger partial charge in [-0.2, -0.15) is 0 Å². The first-order valence-electron chi connectivity index (χ1n) is 19.4. The van der Waals surface area contributed by atoms with Crippen molar-refractivity contribution in [3.05, 3.63) is 222 Å². The van der Waals surface area contributed by atoms with E-state index in [9.17, 15) is 0 Å². The van der Waals surface area contributed by atoms with Gasteiger partial charge in [-0.05, 0) is 84.8 Å². The fourth-order valence-electron chi connectivity index (χ4n) is 8.73. The summed E-state index contributed by atoms with van der Waals surface area (Å²) in [6.07, 6.45) is 6.85. The van der Waals surface area contributed by atoms with Crippen LogP contribution in [-0.4, -0.2) is 4.98 Å². The predicted octanol–water partition coefficient (Wildman–Crippen LogP) is 13.7. The van der Waals surface area contributed by atoms with Gasteiger partial charge < -0.3 is 10.6 Å². The monoisotopic (exact) mass is 715 g/mol. The zero-order chi connectivity index (χ0) is 37.0. The molecule has 3 heteroatoms. The van der Waals surface area contributed by atoms with Gasteiger partial charge in [0.05, 0.1) is 29.0 Å². The number of nitrogens with zero attached hydrogens (tertiary/aromatic N) is 1. The molecule has 0 fully saturated rings. The van der Waals surface area contributed by atoms with E-state index in [4.69, 9.17) is 4.98 Å². The predicted molar refractivity (Wildman–Crippen MR) is 236 cm³/mol. The summed E-state index contributed by atoms with van der Waals surface area (Å²) in [5.41, 5.74) is 15.0. The van der Waals surface area contributed by atoms with E-state index in [2.05, 4.69) is 211 Å². The van der Waals surface area contributed by atoms with Gasteiger partial charge in [0.1, 0.15) is 0 Å². The summed E-state index contributed by atoms with van der Waals surface area (Å²) in [6.45, 7) is 0. The number of benzene rings is 8. The van der Waals surface area contributed by atoms with Crippen molar-refractivity contribution in [1.82, 2.24) is 4.98 Å². The number of nitrogens with one attached hydrogen (secondary N) is 2. The van der Waals surface area contributed by atoms with E-state index in [0.29, 0.717) is 0 Å². The lowest BCUT2D eigenvalue weighted by molar-refractivity contribution is 0.974. The quantitative estimate of drug-likeness (QED) is 0.186. The minimum atomic E-state index is 0.0720. The van der Waals surface area contributed by atoms with Crippen LogP contribution in [-0.2, 0) is 0 Å². The molecule has 0 bridgehead atoms. The molecule has 2 N–H and O–H groups in total. The first kappa shape index (κ1) is 32.2. The second-order valence-corrected chi connectivity index (χ2v) is 14.8. The zero-order valence-electron chi connectivity index (χ0n) is 30.7. The Morgan fingerprint density at radius 1 is 0.464 bits per heavy atom. The Bertz CT molecular complexity index is 3020. The average molecular weight is 716 g/mol. The molecular weight excluding hydrogens is 679 g/mol. The number of hydrogen-bond donors (Lipinski definition) is 2. The van der Waals surface area contributed by atoms with Gasteiger partial charge >= 0.3 is 0 Å². The van der Waals surface area contributed by atoms with Crippen LogP contribution in [0.4, 0.5) is 11.4 Å². The molecule has 0 saturated carbocycles. The van der Waals surface area contributed by atoms with Crippen LogP contribution < -0.4 is 10.6 Å². The Morgan fingerprint density at radius 3 is 1.89 bits per heavy atom. The molecule has 11 rings (SSSR count). The van der Waals surface area contributed by atoms with Crippen LogP contribution >= 0.6 is 0 Å². The smallest absolute Gasteiger partial charge is 0.0947 e. The molecule has 2 atom stereocenters. The molecule has 8 aromatic carbocycles. The maximum atomic E-state index is 5.38. The molecule has 3 heterocycles. The average Bonchev–Trinajstić information content (AvgIpc) is 3.28. The van der Waals surface area contributed by atoms with Crippen LogP contribution in [0.25, 0.3) is 66.5 Å². The van der Waals surface area contributed by atoms with Gasteiger partial charge in [-0.25, -0.2) is 4.98 Å². The number of pyridine rings is 1. The van der Waals surface area contributed by atoms with Crippen LogP contribution in [0.15, 0.2) is 194 Å². The van der Waals surface area contributed by atoms with E-state index in [-0.39, 0.29) is 12.1 Å².